The van der Waals surface area contributed by atoms with Crippen LogP contribution in [-0.4, -0.2) is 29.8 Å². The average Bonchev–Trinajstić information content (AvgIpc) is 3.70. The van der Waals surface area contributed by atoms with E-state index in [1.165, 1.54) is 72.8 Å². The molecule has 6 heteroatoms. The van der Waals surface area contributed by atoms with Crippen LogP contribution in [0.3, 0.4) is 0 Å². The van der Waals surface area contributed by atoms with Gasteiger partial charge in [-0.1, -0.05) is 177 Å². The van der Waals surface area contributed by atoms with Crippen molar-refractivity contribution >= 4 is 109 Å². The first-order valence-corrected chi connectivity index (χ1v) is 26.8. The van der Waals surface area contributed by atoms with E-state index in [0.717, 1.165) is 63.6 Å². The predicted octanol–water partition coefficient (Wildman–Crippen LogP) is 17.2. The van der Waals surface area contributed by atoms with Crippen molar-refractivity contribution in [1.82, 2.24) is 0 Å². The van der Waals surface area contributed by atoms with E-state index in [2.05, 4.69) is 265 Å². The summed E-state index contributed by atoms with van der Waals surface area (Å²) >= 11 is 0. The standard InChI is InChI=1S/C68H75BN3O.Mg.H/c1-42-36-58-61-59(37-42)72(51-29-31-55-53(40-51)43(2)34-35-68(55,15)16)62-54-39-47(67(12,13)14)24-33-60(54)73-63(62)69(61)56-32-30-52(41-57(56)71(58)50-19-17-18-46(38-50)66(9,10)11)70(48-25-20-44(21-26-48)64(3,4)5)49-27-22-45(23-28-49)65(6,7)8;;/h17-33,36-41H,34-35H2,1-16H3;;/q-1;+2;-1. The summed E-state index contributed by atoms with van der Waals surface area (Å²) in [7, 11) is 0. The Morgan fingerprint density at radius 2 is 1.11 bits per heavy atom. The monoisotopic (exact) mass is 986 g/mol. The van der Waals surface area contributed by atoms with Gasteiger partial charge < -0.3 is 20.5 Å². The van der Waals surface area contributed by atoms with E-state index in [1.54, 1.807) is 0 Å². The Hall–Kier alpha value is -5.82. The van der Waals surface area contributed by atoms with Gasteiger partial charge in [0.25, 0.3) is 6.71 Å². The van der Waals surface area contributed by atoms with E-state index in [9.17, 15) is 0 Å². The maximum atomic E-state index is 7.44. The van der Waals surface area contributed by atoms with Gasteiger partial charge in [-0.2, -0.15) is 11.5 Å². The molecule has 0 saturated carbocycles. The first-order chi connectivity index (χ1) is 34.3. The van der Waals surface area contributed by atoms with Gasteiger partial charge >= 0.3 is 23.1 Å². The smallest absolute Gasteiger partial charge is 1.00 e. The third-order valence-corrected chi connectivity index (χ3v) is 16.4. The Balaban J connectivity index is 0.00000344. The minimum absolute atomic E-state index is 0. The number of anilines is 9. The van der Waals surface area contributed by atoms with Crippen LogP contribution in [0, 0.1) is 12.8 Å². The van der Waals surface area contributed by atoms with Crippen LogP contribution in [0.1, 0.15) is 157 Å². The van der Waals surface area contributed by atoms with Crippen LogP contribution < -0.4 is 31.3 Å². The van der Waals surface area contributed by atoms with Crippen LogP contribution >= 0.6 is 0 Å². The molecular weight excluding hydrogens is 910 g/mol. The van der Waals surface area contributed by atoms with Gasteiger partial charge in [-0.15, -0.1) is 17.7 Å². The molecule has 374 valence electrons. The van der Waals surface area contributed by atoms with Gasteiger partial charge in [-0.3, -0.25) is 0 Å². The Morgan fingerprint density at radius 3 is 1.70 bits per heavy atom. The zero-order chi connectivity index (χ0) is 51.9. The molecule has 0 radical (unpaired) electrons. The fraction of sp³-hybridized carbons (Fsp3) is 0.338. The number of hydrogen-bond acceptors (Lipinski definition) is 4. The zero-order valence-corrected chi connectivity index (χ0v) is 48.6. The van der Waals surface area contributed by atoms with Gasteiger partial charge in [-0.05, 0) is 146 Å². The second-order valence-electron chi connectivity index (χ2n) is 26.5. The minimum atomic E-state index is -0.177. The molecular formula is C68H76BMgN3O. The Labute approximate surface area is 461 Å². The molecule has 0 unspecified atom stereocenters. The predicted molar refractivity (Wildman–Crippen MR) is 322 cm³/mol. The van der Waals surface area contributed by atoms with Crippen molar-refractivity contribution in [3.8, 4) is 0 Å². The largest absolute Gasteiger partial charge is 2.00 e. The molecule has 0 spiro atoms. The van der Waals surface area contributed by atoms with Gasteiger partial charge in [0.1, 0.15) is 5.58 Å². The van der Waals surface area contributed by atoms with Gasteiger partial charge in [0.05, 0.1) is 11.3 Å². The van der Waals surface area contributed by atoms with Crippen molar-refractivity contribution in [3.63, 3.8) is 0 Å². The topological polar surface area (TPSA) is 22.9 Å². The molecule has 7 aromatic carbocycles. The van der Waals surface area contributed by atoms with Crippen LogP contribution in [-0.2, 0) is 27.1 Å². The van der Waals surface area contributed by atoms with Crippen LogP contribution in [0.4, 0.5) is 51.2 Å². The van der Waals surface area contributed by atoms with Gasteiger partial charge in [0, 0.05) is 45.2 Å². The van der Waals surface area contributed by atoms with E-state index in [0.29, 0.717) is 0 Å². The fourth-order valence-corrected chi connectivity index (χ4v) is 11.9. The molecule has 11 rings (SSSR count). The summed E-state index contributed by atoms with van der Waals surface area (Å²) in [6, 6.07) is 54.0. The van der Waals surface area contributed by atoms with Crippen LogP contribution in [0.25, 0.3) is 11.0 Å². The molecule has 1 aliphatic carbocycles. The first-order valence-electron chi connectivity index (χ1n) is 26.8. The number of benzene rings is 7. The molecule has 3 heterocycles. The van der Waals surface area contributed by atoms with Crippen molar-refractivity contribution in [3.05, 3.63) is 184 Å². The van der Waals surface area contributed by atoms with Crippen molar-refractivity contribution in [2.45, 2.75) is 151 Å². The number of rotatable bonds is 5. The van der Waals surface area contributed by atoms with E-state index in [1.807, 2.05) is 0 Å². The fourth-order valence-electron chi connectivity index (χ4n) is 11.9. The van der Waals surface area contributed by atoms with E-state index >= 15 is 0 Å². The number of fused-ring (bicyclic) bond motifs is 7. The van der Waals surface area contributed by atoms with Crippen molar-refractivity contribution in [2.75, 3.05) is 14.7 Å². The van der Waals surface area contributed by atoms with Crippen LogP contribution in [0.2, 0.25) is 0 Å². The molecule has 0 saturated heterocycles. The summed E-state index contributed by atoms with van der Waals surface area (Å²) in [6.07, 6.45) is 2.26. The molecule has 0 amide bonds. The summed E-state index contributed by atoms with van der Waals surface area (Å²) in [6.45, 7) is 36.9. The molecule has 0 bridgehead atoms. The third kappa shape index (κ3) is 8.76. The SMILES string of the molecule is Cc1cc2c3c(c1)N(c1ccc4c(c1)[C-](C)CCC4(C)C)c1c(oc4ccc(C(C)(C)C)cc14)B3c1ccc(N(c3ccc(C(C)(C)C)cc3)c3ccc(C(C)(C)C)cc3)cc1N2c1cccc(C(C)(C)C)c1.[H-].[Mg+2]. The van der Waals surface area contributed by atoms with Gasteiger partial charge in [-0.25, -0.2) is 0 Å². The quantitative estimate of drug-likeness (QED) is 0.127. The van der Waals surface area contributed by atoms with Crippen LogP contribution in [0.15, 0.2) is 144 Å². The first kappa shape index (κ1) is 51.7. The third-order valence-electron chi connectivity index (χ3n) is 16.4. The molecule has 0 fully saturated rings. The maximum Gasteiger partial charge on any atom is 2.00 e. The number of aryl methyl sites for hydroxylation is 1. The Morgan fingerprint density at radius 1 is 0.568 bits per heavy atom. The molecule has 0 atom stereocenters. The van der Waals surface area contributed by atoms with Crippen molar-refractivity contribution in [2.24, 2.45) is 0 Å². The molecule has 1 aromatic heterocycles. The molecule has 74 heavy (non-hydrogen) atoms. The molecule has 0 N–H and O–H groups in total. The van der Waals surface area contributed by atoms with Gasteiger partial charge in [0.2, 0.25) is 0 Å². The van der Waals surface area contributed by atoms with Crippen molar-refractivity contribution in [1.29, 1.82) is 0 Å². The van der Waals surface area contributed by atoms with Crippen molar-refractivity contribution < 1.29 is 5.84 Å². The second kappa shape index (κ2) is 17.9. The molecule has 4 nitrogen and oxygen atoms in total. The maximum absolute atomic E-state index is 7.44. The van der Waals surface area contributed by atoms with Crippen LogP contribution in [0.5, 0.6) is 0 Å². The summed E-state index contributed by atoms with van der Waals surface area (Å²) in [5, 5.41) is 1.15. The molecule has 8 aromatic rings. The zero-order valence-electron chi connectivity index (χ0n) is 48.2. The number of furan rings is 1. The summed E-state index contributed by atoms with van der Waals surface area (Å²) in [5.74, 6) is 1.46. The second-order valence-corrected chi connectivity index (χ2v) is 26.5. The number of hydrogen-bond donors (Lipinski definition) is 0. The normalized spacial score (nSPS) is 15.1. The van der Waals surface area contributed by atoms with E-state index in [4.69, 9.17) is 4.42 Å². The Bertz CT molecular complexity index is 3410. The minimum Gasteiger partial charge on any atom is -1.00 e. The molecule has 2 aliphatic heterocycles. The Kier molecular flexibility index (Phi) is 12.5. The molecule has 3 aliphatic rings. The van der Waals surface area contributed by atoms with E-state index in [-0.39, 0.29) is 58.3 Å². The summed E-state index contributed by atoms with van der Waals surface area (Å²) < 4.78 is 7.44. The number of nitrogens with zero attached hydrogens (tertiary/aromatic N) is 3. The average molecular weight is 986 g/mol. The van der Waals surface area contributed by atoms with E-state index < -0.39 is 0 Å². The summed E-state index contributed by atoms with van der Waals surface area (Å²) in [4.78, 5) is 7.58. The van der Waals surface area contributed by atoms with Gasteiger partial charge in [0.15, 0.2) is 0 Å². The summed E-state index contributed by atoms with van der Waals surface area (Å²) in [5.41, 5.74) is 24.0.